The highest BCUT2D eigenvalue weighted by Gasteiger charge is 2.33. The van der Waals surface area contributed by atoms with Crippen LogP contribution < -0.4 is 14.8 Å². The lowest BCUT2D eigenvalue weighted by atomic mass is 10.1. The lowest BCUT2D eigenvalue weighted by Gasteiger charge is -2.14. The number of sulfonamides is 1. The van der Waals surface area contributed by atoms with Crippen LogP contribution in [0, 0.1) is 6.92 Å². The molecule has 3 aromatic carbocycles. The molecular formula is C22H18ClF3N2O4S. The molecule has 0 radical (unpaired) electrons. The maximum atomic E-state index is 13.0. The number of ether oxygens (including phenoxy) is 1. The topological polar surface area (TPSA) is 84.5 Å². The predicted octanol–water partition coefficient (Wildman–Crippen LogP) is 5.49. The Bertz CT molecular complexity index is 1260. The molecule has 3 aromatic rings. The Morgan fingerprint density at radius 2 is 1.70 bits per heavy atom. The molecule has 0 aliphatic carbocycles. The van der Waals surface area contributed by atoms with Gasteiger partial charge in [-0.3, -0.25) is 9.52 Å². The summed E-state index contributed by atoms with van der Waals surface area (Å²) in [5.41, 5.74) is -0.272. The molecule has 0 saturated carbocycles. The Morgan fingerprint density at radius 3 is 2.33 bits per heavy atom. The Hall–Kier alpha value is -3.24. The summed E-state index contributed by atoms with van der Waals surface area (Å²) < 4.78 is 71.8. The van der Waals surface area contributed by atoms with E-state index in [9.17, 15) is 26.4 Å². The number of nitrogens with one attached hydrogen (secondary N) is 2. The maximum Gasteiger partial charge on any atom is 0.418 e. The van der Waals surface area contributed by atoms with E-state index >= 15 is 0 Å². The summed E-state index contributed by atoms with van der Waals surface area (Å²) >= 11 is 6.01. The molecule has 0 spiro atoms. The van der Waals surface area contributed by atoms with Crippen molar-refractivity contribution < 1.29 is 31.1 Å². The van der Waals surface area contributed by atoms with Crippen LogP contribution in [0.1, 0.15) is 11.1 Å². The number of para-hydroxylation sites is 1. The summed E-state index contributed by atoms with van der Waals surface area (Å²) in [4.78, 5) is 12.0. The third-order valence-corrected chi connectivity index (χ3v) is 6.24. The van der Waals surface area contributed by atoms with Gasteiger partial charge in [0.2, 0.25) is 0 Å². The van der Waals surface area contributed by atoms with Gasteiger partial charge in [-0.2, -0.15) is 13.2 Å². The average Bonchev–Trinajstić information content (AvgIpc) is 2.74. The summed E-state index contributed by atoms with van der Waals surface area (Å²) in [6.07, 6.45) is -4.62. The number of amides is 1. The van der Waals surface area contributed by atoms with Crippen molar-refractivity contribution in [2.75, 3.05) is 16.6 Å². The van der Waals surface area contributed by atoms with Gasteiger partial charge in [0.25, 0.3) is 15.9 Å². The van der Waals surface area contributed by atoms with E-state index < -0.39 is 34.3 Å². The van der Waals surface area contributed by atoms with Gasteiger partial charge in [0.15, 0.2) is 6.61 Å². The van der Waals surface area contributed by atoms with Crippen molar-refractivity contribution in [1.29, 1.82) is 0 Å². The number of hydrogen-bond acceptors (Lipinski definition) is 4. The van der Waals surface area contributed by atoms with Gasteiger partial charge in [-0.05, 0) is 61.0 Å². The lowest BCUT2D eigenvalue weighted by Crippen LogP contribution is -2.22. The van der Waals surface area contributed by atoms with Crippen molar-refractivity contribution in [2.45, 2.75) is 18.0 Å². The molecule has 0 aliphatic rings. The first-order chi connectivity index (χ1) is 15.5. The van der Waals surface area contributed by atoms with E-state index in [0.29, 0.717) is 10.7 Å². The molecule has 0 atom stereocenters. The summed E-state index contributed by atoms with van der Waals surface area (Å²) in [6, 6.07) is 14.5. The van der Waals surface area contributed by atoms with Gasteiger partial charge in [-0.25, -0.2) is 8.42 Å². The summed E-state index contributed by atoms with van der Waals surface area (Å²) in [7, 11) is -3.90. The minimum Gasteiger partial charge on any atom is -0.484 e. The second-order valence-electron chi connectivity index (χ2n) is 6.92. The number of halogens is 4. The van der Waals surface area contributed by atoms with Crippen LogP contribution in [0.25, 0.3) is 0 Å². The quantitative estimate of drug-likeness (QED) is 0.451. The van der Waals surface area contributed by atoms with Crippen LogP contribution in [-0.2, 0) is 21.0 Å². The fourth-order valence-corrected chi connectivity index (χ4v) is 3.99. The molecule has 1 amide bonds. The molecule has 3 rings (SSSR count). The maximum absolute atomic E-state index is 13.0. The molecule has 0 aliphatic heterocycles. The molecule has 0 heterocycles. The van der Waals surface area contributed by atoms with Gasteiger partial charge >= 0.3 is 6.18 Å². The zero-order valence-electron chi connectivity index (χ0n) is 17.1. The molecular weight excluding hydrogens is 481 g/mol. The van der Waals surface area contributed by atoms with Crippen LogP contribution in [-0.4, -0.2) is 20.9 Å². The number of aryl methyl sites for hydroxylation is 1. The van der Waals surface area contributed by atoms with Crippen LogP contribution >= 0.6 is 11.6 Å². The third kappa shape index (κ3) is 6.39. The number of alkyl halides is 3. The highest BCUT2D eigenvalue weighted by atomic mass is 35.5. The summed E-state index contributed by atoms with van der Waals surface area (Å²) in [5, 5.41) is 2.57. The van der Waals surface area contributed by atoms with Crippen molar-refractivity contribution in [3.63, 3.8) is 0 Å². The molecule has 0 fully saturated rings. The molecule has 0 unspecified atom stereocenters. The SMILES string of the molecule is Cc1ccc(NS(=O)(=O)c2ccc(OCC(=O)Nc3ccccc3C(F)(F)F)cc2)cc1Cl. The van der Waals surface area contributed by atoms with Crippen LogP contribution in [0.2, 0.25) is 5.02 Å². The zero-order chi connectivity index (χ0) is 24.2. The van der Waals surface area contributed by atoms with Crippen LogP contribution in [0.3, 0.4) is 0 Å². The first kappa shape index (κ1) is 24.4. The van der Waals surface area contributed by atoms with Gasteiger partial charge in [0.05, 0.1) is 21.8 Å². The van der Waals surface area contributed by atoms with Gasteiger partial charge in [-0.1, -0.05) is 29.8 Å². The minimum atomic E-state index is -4.62. The molecule has 174 valence electrons. The van der Waals surface area contributed by atoms with E-state index in [-0.39, 0.29) is 16.3 Å². The van der Waals surface area contributed by atoms with Crippen molar-refractivity contribution >= 4 is 38.9 Å². The molecule has 2 N–H and O–H groups in total. The second kappa shape index (κ2) is 9.72. The summed E-state index contributed by atoms with van der Waals surface area (Å²) in [6.45, 7) is 1.22. The summed E-state index contributed by atoms with van der Waals surface area (Å²) in [5.74, 6) is -0.645. The monoisotopic (exact) mass is 498 g/mol. The normalized spacial score (nSPS) is 11.7. The molecule has 0 bridgehead atoms. The lowest BCUT2D eigenvalue weighted by molar-refractivity contribution is -0.137. The molecule has 11 heteroatoms. The fraction of sp³-hybridized carbons (Fsp3) is 0.136. The predicted molar refractivity (Wildman–Crippen MR) is 119 cm³/mol. The first-order valence-corrected chi connectivity index (χ1v) is 11.3. The average molecular weight is 499 g/mol. The van der Waals surface area contributed by atoms with E-state index in [0.717, 1.165) is 17.7 Å². The molecule has 0 saturated heterocycles. The van der Waals surface area contributed by atoms with Crippen molar-refractivity contribution in [2.24, 2.45) is 0 Å². The Morgan fingerprint density at radius 1 is 1.03 bits per heavy atom. The molecule has 0 aromatic heterocycles. The van der Waals surface area contributed by atoms with Crippen molar-refractivity contribution in [1.82, 2.24) is 0 Å². The highest BCUT2D eigenvalue weighted by Crippen LogP contribution is 2.34. The third-order valence-electron chi connectivity index (χ3n) is 4.43. The Kier molecular flexibility index (Phi) is 7.19. The van der Waals surface area contributed by atoms with Crippen molar-refractivity contribution in [3.8, 4) is 5.75 Å². The van der Waals surface area contributed by atoms with Crippen molar-refractivity contribution in [3.05, 3.63) is 82.9 Å². The second-order valence-corrected chi connectivity index (χ2v) is 9.01. The number of rotatable bonds is 7. The minimum absolute atomic E-state index is 0.0601. The Balaban J connectivity index is 1.62. The van der Waals surface area contributed by atoms with E-state index in [4.69, 9.17) is 16.3 Å². The molecule has 33 heavy (non-hydrogen) atoms. The number of carbonyl (C=O) groups excluding carboxylic acids is 1. The highest BCUT2D eigenvalue weighted by molar-refractivity contribution is 7.92. The van der Waals surface area contributed by atoms with E-state index in [1.165, 1.54) is 42.5 Å². The van der Waals surface area contributed by atoms with Gasteiger partial charge in [0.1, 0.15) is 5.75 Å². The number of carbonyl (C=O) groups is 1. The van der Waals surface area contributed by atoms with Crippen LogP contribution in [0.4, 0.5) is 24.5 Å². The van der Waals surface area contributed by atoms with E-state index in [1.807, 2.05) is 0 Å². The van der Waals surface area contributed by atoms with Gasteiger partial charge < -0.3 is 10.1 Å². The number of hydrogen-bond donors (Lipinski definition) is 2. The number of anilines is 2. The van der Waals surface area contributed by atoms with Crippen LogP contribution in [0.15, 0.2) is 71.6 Å². The Labute approximate surface area is 193 Å². The van der Waals surface area contributed by atoms with E-state index in [2.05, 4.69) is 10.0 Å². The zero-order valence-corrected chi connectivity index (χ0v) is 18.7. The first-order valence-electron chi connectivity index (χ1n) is 9.43. The fourth-order valence-electron chi connectivity index (χ4n) is 2.76. The van der Waals surface area contributed by atoms with Gasteiger partial charge in [0, 0.05) is 5.02 Å². The van der Waals surface area contributed by atoms with Gasteiger partial charge in [-0.15, -0.1) is 0 Å². The number of benzene rings is 3. The van der Waals surface area contributed by atoms with E-state index in [1.54, 1.807) is 19.1 Å². The largest absolute Gasteiger partial charge is 0.484 e. The standard InChI is InChI=1S/C22H18ClF3N2O4S/c1-14-6-7-15(12-19(14)23)28-33(30,31)17-10-8-16(9-11-17)32-13-21(29)27-20-5-3-2-4-18(20)22(24,25)26/h2-12,28H,13H2,1H3,(H,27,29). The van der Waals surface area contributed by atoms with Crippen LogP contribution in [0.5, 0.6) is 5.75 Å². The molecule has 6 nitrogen and oxygen atoms in total. The smallest absolute Gasteiger partial charge is 0.418 e.